The Morgan fingerprint density at radius 3 is 2.55 bits per heavy atom. The van der Waals surface area contributed by atoms with Gasteiger partial charge in [0.1, 0.15) is 17.4 Å². The molecule has 0 bridgehead atoms. The minimum atomic E-state index is 0.00216. The molecule has 0 N–H and O–H groups in total. The largest absolute Gasteiger partial charge is 0.486 e. The lowest BCUT2D eigenvalue weighted by molar-refractivity contribution is 0.0688. The first-order valence-corrected chi connectivity index (χ1v) is 11.2. The van der Waals surface area contributed by atoms with Gasteiger partial charge in [-0.05, 0) is 69.2 Å². The van der Waals surface area contributed by atoms with Crippen molar-refractivity contribution in [3.63, 3.8) is 0 Å². The molecular formula is C23H25BrN2O2S. The molecule has 0 saturated carbocycles. The van der Waals surface area contributed by atoms with Crippen molar-refractivity contribution in [1.29, 1.82) is 0 Å². The molecule has 0 radical (unpaired) electrons. The fraction of sp³-hybridized carbons (Fsp3) is 0.304. The zero-order chi connectivity index (χ0) is 21.0. The van der Waals surface area contributed by atoms with Crippen LogP contribution < -0.4 is 4.74 Å². The molecule has 2 aromatic carbocycles. The van der Waals surface area contributed by atoms with Crippen molar-refractivity contribution >= 4 is 33.2 Å². The van der Waals surface area contributed by atoms with E-state index in [1.54, 1.807) is 11.3 Å². The molecule has 29 heavy (non-hydrogen) atoms. The van der Waals surface area contributed by atoms with E-state index in [-0.39, 0.29) is 11.9 Å². The zero-order valence-corrected chi connectivity index (χ0v) is 19.5. The summed E-state index contributed by atoms with van der Waals surface area (Å²) in [5.74, 6) is 0.857. The van der Waals surface area contributed by atoms with Crippen LogP contribution in [0.15, 0.2) is 52.3 Å². The Hall–Kier alpha value is -2.18. The van der Waals surface area contributed by atoms with E-state index in [1.807, 2.05) is 60.5 Å². The molecule has 0 fully saturated rings. The molecule has 4 nitrogen and oxygen atoms in total. The van der Waals surface area contributed by atoms with Gasteiger partial charge in [0, 0.05) is 21.5 Å². The molecule has 0 spiro atoms. The fourth-order valence-electron chi connectivity index (χ4n) is 3.10. The Kier molecular flexibility index (Phi) is 7.09. The van der Waals surface area contributed by atoms with Gasteiger partial charge in [-0.15, -0.1) is 11.3 Å². The quantitative estimate of drug-likeness (QED) is 0.413. The lowest BCUT2D eigenvalue weighted by Gasteiger charge is -2.26. The van der Waals surface area contributed by atoms with Crippen LogP contribution >= 0.6 is 27.3 Å². The monoisotopic (exact) mass is 472 g/mol. The number of rotatable bonds is 7. The number of carbonyl (C=O) groups is 1. The highest BCUT2D eigenvalue weighted by Gasteiger charge is 2.20. The highest BCUT2D eigenvalue weighted by atomic mass is 79.9. The molecule has 0 aliphatic rings. The van der Waals surface area contributed by atoms with E-state index >= 15 is 0 Å². The molecule has 1 heterocycles. The van der Waals surface area contributed by atoms with Crippen LogP contribution in [0.2, 0.25) is 0 Å². The van der Waals surface area contributed by atoms with Gasteiger partial charge in [-0.1, -0.05) is 28.1 Å². The first kappa shape index (κ1) is 21.5. The normalized spacial score (nSPS) is 11.0. The average molecular weight is 473 g/mol. The standard InChI is InChI=1S/C23H25BrN2O2S/c1-15(2)26(23(27)18-6-5-7-19(24)11-18)12-20-14-29-22(25-20)13-28-21-9-16(3)8-17(4)10-21/h5-11,14-15H,12-13H2,1-4H3. The molecule has 6 heteroatoms. The molecule has 0 aliphatic heterocycles. The summed E-state index contributed by atoms with van der Waals surface area (Å²) in [4.78, 5) is 19.5. The average Bonchev–Trinajstić information content (AvgIpc) is 3.10. The molecule has 0 saturated heterocycles. The maximum Gasteiger partial charge on any atom is 0.254 e. The van der Waals surface area contributed by atoms with E-state index in [2.05, 4.69) is 40.8 Å². The SMILES string of the molecule is Cc1cc(C)cc(OCc2nc(CN(C(=O)c3cccc(Br)c3)C(C)C)cs2)c1. The number of ether oxygens (including phenoxy) is 1. The molecule has 1 aromatic heterocycles. The van der Waals surface area contributed by atoms with Gasteiger partial charge >= 0.3 is 0 Å². The zero-order valence-electron chi connectivity index (χ0n) is 17.1. The van der Waals surface area contributed by atoms with Crippen molar-refractivity contribution in [3.05, 3.63) is 79.7 Å². The van der Waals surface area contributed by atoms with Crippen LogP contribution in [0.5, 0.6) is 5.75 Å². The molecule has 3 rings (SSSR count). The maximum absolute atomic E-state index is 13.0. The van der Waals surface area contributed by atoms with Gasteiger partial charge in [-0.25, -0.2) is 4.98 Å². The number of benzene rings is 2. The third-order valence-electron chi connectivity index (χ3n) is 4.44. The van der Waals surface area contributed by atoms with Crippen LogP contribution in [0.3, 0.4) is 0 Å². The van der Waals surface area contributed by atoms with Crippen LogP contribution in [-0.2, 0) is 13.2 Å². The van der Waals surface area contributed by atoms with Crippen LogP contribution in [0, 0.1) is 13.8 Å². The van der Waals surface area contributed by atoms with E-state index in [9.17, 15) is 4.79 Å². The number of thiazole rings is 1. The number of aromatic nitrogens is 1. The summed E-state index contributed by atoms with van der Waals surface area (Å²) in [5, 5.41) is 2.90. The summed E-state index contributed by atoms with van der Waals surface area (Å²) >= 11 is 5.00. The van der Waals surface area contributed by atoms with Crippen molar-refractivity contribution < 1.29 is 9.53 Å². The van der Waals surface area contributed by atoms with Gasteiger partial charge in [0.25, 0.3) is 5.91 Å². The molecule has 0 aliphatic carbocycles. The van der Waals surface area contributed by atoms with Crippen molar-refractivity contribution in [1.82, 2.24) is 9.88 Å². The van der Waals surface area contributed by atoms with Crippen LogP contribution in [-0.4, -0.2) is 21.8 Å². The van der Waals surface area contributed by atoms with Gasteiger partial charge in [0.2, 0.25) is 0 Å². The minimum Gasteiger partial charge on any atom is -0.486 e. The number of hydrogen-bond donors (Lipinski definition) is 0. The number of aryl methyl sites for hydroxylation is 2. The number of nitrogens with zero attached hydrogens (tertiary/aromatic N) is 2. The summed E-state index contributed by atoms with van der Waals surface area (Å²) in [6.07, 6.45) is 0. The lowest BCUT2D eigenvalue weighted by atomic mass is 10.1. The van der Waals surface area contributed by atoms with Gasteiger partial charge < -0.3 is 9.64 Å². The van der Waals surface area contributed by atoms with Gasteiger partial charge in [0.05, 0.1) is 12.2 Å². The number of amides is 1. The minimum absolute atomic E-state index is 0.00216. The van der Waals surface area contributed by atoms with Crippen molar-refractivity contribution in [2.45, 2.75) is 46.9 Å². The van der Waals surface area contributed by atoms with E-state index in [0.717, 1.165) is 20.9 Å². The molecule has 0 atom stereocenters. The third-order valence-corrected chi connectivity index (χ3v) is 5.81. The van der Waals surface area contributed by atoms with E-state index in [4.69, 9.17) is 4.74 Å². The van der Waals surface area contributed by atoms with Crippen LogP contribution in [0.25, 0.3) is 0 Å². The predicted molar refractivity (Wildman–Crippen MR) is 122 cm³/mol. The third kappa shape index (κ3) is 5.90. The molecular weight excluding hydrogens is 448 g/mol. The predicted octanol–water partition coefficient (Wildman–Crippen LogP) is 6.15. The summed E-state index contributed by atoms with van der Waals surface area (Å²) < 4.78 is 6.81. The van der Waals surface area contributed by atoms with Gasteiger partial charge in [-0.3, -0.25) is 4.79 Å². The topological polar surface area (TPSA) is 42.4 Å². The summed E-state index contributed by atoms with van der Waals surface area (Å²) in [6, 6.07) is 13.7. The Bertz CT molecular complexity index is 980. The van der Waals surface area contributed by atoms with E-state index < -0.39 is 0 Å². The Morgan fingerprint density at radius 1 is 1.17 bits per heavy atom. The second kappa shape index (κ2) is 9.55. The summed E-state index contributed by atoms with van der Waals surface area (Å²) in [7, 11) is 0. The second-order valence-electron chi connectivity index (χ2n) is 7.38. The first-order chi connectivity index (χ1) is 13.8. The number of carbonyl (C=O) groups excluding carboxylic acids is 1. The number of halogens is 1. The highest BCUT2D eigenvalue weighted by Crippen LogP contribution is 2.21. The van der Waals surface area contributed by atoms with Gasteiger partial charge in [0.15, 0.2) is 0 Å². The summed E-state index contributed by atoms with van der Waals surface area (Å²) in [6.45, 7) is 9.06. The Labute approximate surface area is 184 Å². The molecule has 0 unspecified atom stereocenters. The number of hydrogen-bond acceptors (Lipinski definition) is 4. The Morgan fingerprint density at radius 2 is 1.90 bits per heavy atom. The van der Waals surface area contributed by atoms with Crippen molar-refractivity contribution in [3.8, 4) is 5.75 Å². The fourth-order valence-corrected chi connectivity index (χ4v) is 4.20. The molecule has 152 valence electrons. The summed E-state index contributed by atoms with van der Waals surface area (Å²) in [5.41, 5.74) is 3.91. The van der Waals surface area contributed by atoms with E-state index in [1.165, 1.54) is 11.1 Å². The van der Waals surface area contributed by atoms with Crippen molar-refractivity contribution in [2.75, 3.05) is 0 Å². The highest BCUT2D eigenvalue weighted by molar-refractivity contribution is 9.10. The van der Waals surface area contributed by atoms with Crippen LogP contribution in [0.4, 0.5) is 0 Å². The maximum atomic E-state index is 13.0. The second-order valence-corrected chi connectivity index (χ2v) is 9.24. The van der Waals surface area contributed by atoms with E-state index in [0.29, 0.717) is 18.7 Å². The van der Waals surface area contributed by atoms with Gasteiger partial charge in [-0.2, -0.15) is 0 Å². The molecule has 1 amide bonds. The van der Waals surface area contributed by atoms with Crippen molar-refractivity contribution in [2.24, 2.45) is 0 Å². The lowest BCUT2D eigenvalue weighted by Crippen LogP contribution is -2.36. The van der Waals surface area contributed by atoms with Crippen LogP contribution in [0.1, 0.15) is 46.0 Å². The smallest absolute Gasteiger partial charge is 0.254 e. The first-order valence-electron chi connectivity index (χ1n) is 9.52. The Balaban J connectivity index is 1.67. The molecule has 3 aromatic rings.